The molecular formula is C9H10ClF3N2O. The van der Waals surface area contributed by atoms with Crippen LogP contribution in [-0.4, -0.2) is 21.7 Å². The molecule has 0 saturated heterocycles. The van der Waals surface area contributed by atoms with Crippen LogP contribution >= 0.6 is 11.6 Å². The van der Waals surface area contributed by atoms with Crippen LogP contribution in [0.15, 0.2) is 0 Å². The summed E-state index contributed by atoms with van der Waals surface area (Å²) in [6.45, 7) is 3.29. The zero-order valence-corrected chi connectivity index (χ0v) is 9.65. The number of nitrogens with zero attached hydrogens (tertiary/aromatic N) is 2. The van der Waals surface area contributed by atoms with Gasteiger partial charge in [0.2, 0.25) is 0 Å². The van der Waals surface area contributed by atoms with Crippen LogP contribution in [0.2, 0.25) is 5.15 Å². The molecule has 0 fully saturated rings. The Morgan fingerprint density at radius 1 is 1.44 bits per heavy atom. The summed E-state index contributed by atoms with van der Waals surface area (Å²) in [5.41, 5.74) is -0.485. The molecule has 1 heterocycles. The standard InChI is InChI=1S/C9H10ClF3N2O/c1-4(2)6-5(7(16)9(11,12)13)8(10)15(3)14-6/h4H,1-3H3. The summed E-state index contributed by atoms with van der Waals surface area (Å²) in [5.74, 6) is -2.26. The molecule has 0 aliphatic carbocycles. The topological polar surface area (TPSA) is 34.9 Å². The molecule has 1 aromatic heterocycles. The van der Waals surface area contributed by atoms with Gasteiger partial charge in [0, 0.05) is 7.05 Å². The lowest BCUT2D eigenvalue weighted by molar-refractivity contribution is -0.0885. The first kappa shape index (κ1) is 13.0. The molecule has 0 aliphatic rings. The summed E-state index contributed by atoms with van der Waals surface area (Å²) in [5, 5.41) is 3.52. The smallest absolute Gasteiger partial charge is 0.284 e. The van der Waals surface area contributed by atoms with Gasteiger partial charge in [-0.2, -0.15) is 18.3 Å². The summed E-state index contributed by atoms with van der Waals surface area (Å²) in [6.07, 6.45) is -4.93. The van der Waals surface area contributed by atoms with E-state index in [1.165, 1.54) is 7.05 Å². The van der Waals surface area contributed by atoms with Crippen molar-refractivity contribution in [1.29, 1.82) is 0 Å². The molecule has 0 spiro atoms. The number of Topliss-reactive ketones (excluding diaryl/α,β-unsaturated/α-hetero) is 1. The van der Waals surface area contributed by atoms with Crippen molar-refractivity contribution in [2.24, 2.45) is 7.05 Å². The maximum absolute atomic E-state index is 12.3. The van der Waals surface area contributed by atoms with E-state index in [4.69, 9.17) is 11.6 Å². The Morgan fingerprint density at radius 2 is 1.94 bits per heavy atom. The molecular weight excluding hydrogens is 245 g/mol. The molecule has 0 unspecified atom stereocenters. The molecule has 0 bridgehead atoms. The van der Waals surface area contributed by atoms with E-state index < -0.39 is 17.5 Å². The quantitative estimate of drug-likeness (QED) is 0.761. The predicted molar refractivity (Wildman–Crippen MR) is 52.7 cm³/mol. The van der Waals surface area contributed by atoms with Gasteiger partial charge in [-0.15, -0.1) is 0 Å². The van der Waals surface area contributed by atoms with E-state index in [2.05, 4.69) is 5.10 Å². The monoisotopic (exact) mass is 254 g/mol. The van der Waals surface area contributed by atoms with Crippen LogP contribution in [-0.2, 0) is 7.05 Å². The van der Waals surface area contributed by atoms with Crippen LogP contribution in [0.5, 0.6) is 0 Å². The number of rotatable bonds is 2. The summed E-state index contributed by atoms with van der Waals surface area (Å²) in [6, 6.07) is 0. The van der Waals surface area contributed by atoms with Crippen LogP contribution < -0.4 is 0 Å². The zero-order valence-electron chi connectivity index (χ0n) is 8.89. The first-order chi connectivity index (χ1) is 7.16. The minimum atomic E-state index is -4.93. The van der Waals surface area contributed by atoms with Gasteiger partial charge in [0.15, 0.2) is 0 Å². The maximum Gasteiger partial charge on any atom is 0.455 e. The van der Waals surface area contributed by atoms with Gasteiger partial charge in [-0.3, -0.25) is 9.48 Å². The summed E-state index contributed by atoms with van der Waals surface area (Å²) in [7, 11) is 1.39. The van der Waals surface area contributed by atoms with Crippen LogP contribution in [0, 0.1) is 0 Å². The van der Waals surface area contributed by atoms with Gasteiger partial charge in [-0.05, 0) is 5.92 Å². The third-order valence-corrected chi connectivity index (χ3v) is 2.47. The molecule has 7 heteroatoms. The fourth-order valence-electron chi connectivity index (χ4n) is 1.28. The second-order valence-corrected chi connectivity index (χ2v) is 4.01. The predicted octanol–water partition coefficient (Wildman–Crippen LogP) is 2.94. The first-order valence-corrected chi connectivity index (χ1v) is 4.88. The molecule has 0 radical (unpaired) electrons. The lowest BCUT2D eigenvalue weighted by atomic mass is 10.0. The highest BCUT2D eigenvalue weighted by Crippen LogP contribution is 2.31. The second kappa shape index (κ2) is 4.08. The van der Waals surface area contributed by atoms with Gasteiger partial charge in [0.1, 0.15) is 5.15 Å². The third kappa shape index (κ3) is 2.21. The number of halogens is 4. The van der Waals surface area contributed by atoms with Crippen LogP contribution in [0.25, 0.3) is 0 Å². The number of ketones is 1. The van der Waals surface area contributed by atoms with E-state index in [1.54, 1.807) is 13.8 Å². The van der Waals surface area contributed by atoms with Crippen molar-refractivity contribution in [2.45, 2.75) is 25.9 Å². The average Bonchev–Trinajstić information content (AvgIpc) is 2.41. The van der Waals surface area contributed by atoms with Crippen molar-refractivity contribution in [3.8, 4) is 0 Å². The fourth-order valence-corrected chi connectivity index (χ4v) is 1.50. The van der Waals surface area contributed by atoms with Gasteiger partial charge in [0.05, 0.1) is 11.3 Å². The van der Waals surface area contributed by atoms with Gasteiger partial charge >= 0.3 is 6.18 Å². The number of hydrogen-bond acceptors (Lipinski definition) is 2. The molecule has 0 aromatic carbocycles. The maximum atomic E-state index is 12.3. The Kier molecular flexibility index (Phi) is 3.33. The van der Waals surface area contributed by atoms with E-state index in [9.17, 15) is 18.0 Å². The minimum absolute atomic E-state index is 0.0647. The van der Waals surface area contributed by atoms with E-state index in [0.717, 1.165) is 4.68 Å². The lowest BCUT2D eigenvalue weighted by Crippen LogP contribution is -2.24. The first-order valence-electron chi connectivity index (χ1n) is 4.50. The highest BCUT2D eigenvalue weighted by atomic mass is 35.5. The number of alkyl halides is 3. The average molecular weight is 255 g/mol. The van der Waals surface area contributed by atoms with Gasteiger partial charge in [-0.1, -0.05) is 25.4 Å². The Morgan fingerprint density at radius 3 is 2.31 bits per heavy atom. The Labute approximate surface area is 95.2 Å². The van der Waals surface area contributed by atoms with Gasteiger partial charge in [-0.25, -0.2) is 0 Å². The Bertz CT molecular complexity index is 423. The van der Waals surface area contributed by atoms with Crippen LogP contribution in [0.3, 0.4) is 0 Å². The highest BCUT2D eigenvalue weighted by molar-refractivity contribution is 6.33. The normalized spacial score (nSPS) is 12.2. The number of aryl methyl sites for hydroxylation is 1. The molecule has 16 heavy (non-hydrogen) atoms. The SMILES string of the molecule is CC(C)c1nn(C)c(Cl)c1C(=O)C(F)(F)F. The molecule has 0 N–H and O–H groups in total. The second-order valence-electron chi connectivity index (χ2n) is 3.66. The molecule has 0 saturated carbocycles. The largest absolute Gasteiger partial charge is 0.455 e. The van der Waals surface area contributed by atoms with Crippen LogP contribution in [0.4, 0.5) is 13.2 Å². The van der Waals surface area contributed by atoms with E-state index in [0.29, 0.717) is 0 Å². The van der Waals surface area contributed by atoms with Crippen molar-refractivity contribution in [3.05, 3.63) is 16.4 Å². The molecule has 3 nitrogen and oxygen atoms in total. The summed E-state index contributed by atoms with van der Waals surface area (Å²) in [4.78, 5) is 11.2. The molecule has 1 rings (SSSR count). The summed E-state index contributed by atoms with van der Waals surface area (Å²) >= 11 is 5.64. The number of aromatic nitrogens is 2. The van der Waals surface area contributed by atoms with Crippen molar-refractivity contribution in [3.63, 3.8) is 0 Å². The van der Waals surface area contributed by atoms with E-state index in [1.807, 2.05) is 0 Å². The summed E-state index contributed by atoms with van der Waals surface area (Å²) < 4.78 is 38.0. The number of hydrogen-bond donors (Lipinski definition) is 0. The molecule has 0 aliphatic heterocycles. The van der Waals surface area contributed by atoms with Gasteiger partial charge in [0.25, 0.3) is 5.78 Å². The third-order valence-electron chi connectivity index (χ3n) is 2.04. The highest BCUT2D eigenvalue weighted by Gasteiger charge is 2.43. The fraction of sp³-hybridized carbons (Fsp3) is 0.556. The zero-order chi connectivity index (χ0) is 12.7. The van der Waals surface area contributed by atoms with Crippen molar-refractivity contribution in [2.75, 3.05) is 0 Å². The number of carbonyl (C=O) groups is 1. The molecule has 1 aromatic rings. The number of carbonyl (C=O) groups excluding carboxylic acids is 1. The molecule has 0 amide bonds. The molecule has 90 valence electrons. The van der Waals surface area contributed by atoms with Crippen molar-refractivity contribution >= 4 is 17.4 Å². The Hall–Kier alpha value is -1.04. The Balaban J connectivity index is 3.37. The van der Waals surface area contributed by atoms with Crippen molar-refractivity contribution < 1.29 is 18.0 Å². The van der Waals surface area contributed by atoms with Gasteiger partial charge < -0.3 is 0 Å². The molecule has 0 atom stereocenters. The van der Waals surface area contributed by atoms with Crippen molar-refractivity contribution in [1.82, 2.24) is 9.78 Å². The van der Waals surface area contributed by atoms with E-state index in [-0.39, 0.29) is 16.8 Å². The lowest BCUT2D eigenvalue weighted by Gasteiger charge is -2.07. The van der Waals surface area contributed by atoms with E-state index >= 15 is 0 Å². The van der Waals surface area contributed by atoms with Crippen LogP contribution in [0.1, 0.15) is 35.8 Å². The minimum Gasteiger partial charge on any atom is -0.284 e.